The van der Waals surface area contributed by atoms with Crippen molar-refractivity contribution in [3.8, 4) is 0 Å². The minimum Gasteiger partial charge on any atom is -0.353 e. The lowest BCUT2D eigenvalue weighted by Crippen LogP contribution is -2.40. The fourth-order valence-electron chi connectivity index (χ4n) is 2.72. The summed E-state index contributed by atoms with van der Waals surface area (Å²) in [5.41, 5.74) is 1.76. The van der Waals surface area contributed by atoms with Gasteiger partial charge in [-0.1, -0.05) is 18.2 Å². The average molecular weight is 322 g/mol. The lowest BCUT2D eigenvalue weighted by Gasteiger charge is -2.24. The van der Waals surface area contributed by atoms with E-state index in [0.29, 0.717) is 6.54 Å². The number of hydrogen-bond acceptors (Lipinski definition) is 4. The van der Waals surface area contributed by atoms with Gasteiger partial charge in [-0.2, -0.15) is 11.8 Å². The summed E-state index contributed by atoms with van der Waals surface area (Å²) in [6, 6.07) is 7.58. The van der Waals surface area contributed by atoms with E-state index in [0.717, 1.165) is 28.4 Å². The number of nitrogens with one attached hydrogen (secondary N) is 1. The first-order valence-corrected chi connectivity index (χ1v) is 9.22. The number of rotatable bonds is 3. The van der Waals surface area contributed by atoms with Gasteiger partial charge in [0.05, 0.1) is 11.3 Å². The second-order valence-electron chi connectivity index (χ2n) is 5.20. The predicted molar refractivity (Wildman–Crippen MR) is 87.9 cm³/mol. The van der Waals surface area contributed by atoms with E-state index < -0.39 is 0 Å². The van der Waals surface area contributed by atoms with Crippen molar-refractivity contribution < 1.29 is 9.59 Å². The summed E-state index contributed by atoms with van der Waals surface area (Å²) in [6.45, 7) is 0.486. The summed E-state index contributed by atoms with van der Waals surface area (Å²) >= 11 is 3.56. The maximum absolute atomic E-state index is 12.2. The molecular formula is C15H18N2O2S2. The molecule has 1 N–H and O–H groups in total. The Kier molecular flexibility index (Phi) is 4.45. The van der Waals surface area contributed by atoms with Crippen LogP contribution in [0.1, 0.15) is 22.0 Å². The Morgan fingerprint density at radius 3 is 2.95 bits per heavy atom. The van der Waals surface area contributed by atoms with E-state index >= 15 is 0 Å². The van der Waals surface area contributed by atoms with Crippen LogP contribution in [0.15, 0.2) is 24.3 Å². The van der Waals surface area contributed by atoms with Crippen LogP contribution in [0.2, 0.25) is 0 Å². The van der Waals surface area contributed by atoms with Crippen molar-refractivity contribution in [1.82, 2.24) is 10.2 Å². The van der Waals surface area contributed by atoms with E-state index in [9.17, 15) is 9.59 Å². The zero-order valence-electron chi connectivity index (χ0n) is 11.9. The zero-order chi connectivity index (χ0) is 14.8. The maximum Gasteiger partial charge on any atom is 0.254 e. The third-order valence-electron chi connectivity index (χ3n) is 3.92. The van der Waals surface area contributed by atoms with Crippen molar-refractivity contribution in [3.05, 3.63) is 35.4 Å². The number of carbonyl (C=O) groups excluding carboxylic acids is 2. The summed E-state index contributed by atoms with van der Waals surface area (Å²) in [7, 11) is 1.80. The Bertz CT molecular complexity index is 558. The standard InChI is InChI=1S/C15H18N2O2S2/c1-17-12(10-4-2-3-5-11(10)15(17)19)8-16-14(18)13-9-20-6-7-21-13/h2-5,12-13H,6-9H2,1H3,(H,16,18). The third-order valence-corrected chi connectivity index (χ3v) is 6.67. The Morgan fingerprint density at radius 2 is 2.19 bits per heavy atom. The molecule has 6 heteroatoms. The van der Waals surface area contributed by atoms with Crippen molar-refractivity contribution in [2.75, 3.05) is 30.9 Å². The van der Waals surface area contributed by atoms with Gasteiger partial charge in [-0.05, 0) is 11.6 Å². The second kappa shape index (κ2) is 6.32. The minimum absolute atomic E-state index is 0.0347. The first-order valence-electron chi connectivity index (χ1n) is 7.01. The quantitative estimate of drug-likeness (QED) is 0.921. The molecule has 0 saturated carbocycles. The fourth-order valence-corrected chi connectivity index (χ4v) is 5.30. The number of hydrogen-bond donors (Lipinski definition) is 1. The van der Waals surface area contributed by atoms with E-state index in [1.165, 1.54) is 0 Å². The SMILES string of the molecule is CN1C(=O)c2ccccc2C1CNC(=O)C1CSCCS1. The Morgan fingerprint density at radius 1 is 1.38 bits per heavy atom. The molecule has 21 heavy (non-hydrogen) atoms. The van der Waals surface area contributed by atoms with Crippen LogP contribution < -0.4 is 5.32 Å². The molecule has 2 amide bonds. The molecule has 2 unspecified atom stereocenters. The van der Waals surface area contributed by atoms with E-state index in [4.69, 9.17) is 0 Å². The molecule has 1 fully saturated rings. The summed E-state index contributed by atoms with van der Waals surface area (Å²) < 4.78 is 0. The van der Waals surface area contributed by atoms with Crippen molar-refractivity contribution in [1.29, 1.82) is 0 Å². The van der Waals surface area contributed by atoms with Crippen LogP contribution >= 0.6 is 23.5 Å². The van der Waals surface area contributed by atoms with E-state index in [2.05, 4.69) is 5.32 Å². The normalized spacial score (nSPS) is 24.8. The molecule has 0 bridgehead atoms. The molecule has 1 aromatic carbocycles. The Balaban J connectivity index is 1.65. The first-order chi connectivity index (χ1) is 10.2. The van der Waals surface area contributed by atoms with Gasteiger partial charge in [0, 0.05) is 36.4 Å². The molecule has 0 aliphatic carbocycles. The van der Waals surface area contributed by atoms with Gasteiger partial charge in [0.15, 0.2) is 0 Å². The number of benzene rings is 1. The van der Waals surface area contributed by atoms with Crippen LogP contribution in [0.4, 0.5) is 0 Å². The largest absolute Gasteiger partial charge is 0.353 e. The lowest BCUT2D eigenvalue weighted by molar-refractivity contribution is -0.120. The van der Waals surface area contributed by atoms with Crippen molar-refractivity contribution in [2.45, 2.75) is 11.3 Å². The number of carbonyl (C=O) groups is 2. The fraction of sp³-hybridized carbons (Fsp3) is 0.467. The molecular weight excluding hydrogens is 304 g/mol. The van der Waals surface area contributed by atoms with Gasteiger partial charge in [0.25, 0.3) is 5.91 Å². The van der Waals surface area contributed by atoms with Crippen molar-refractivity contribution >= 4 is 35.3 Å². The van der Waals surface area contributed by atoms with Crippen LogP contribution in [0.3, 0.4) is 0 Å². The average Bonchev–Trinajstić information content (AvgIpc) is 2.78. The monoisotopic (exact) mass is 322 g/mol. The zero-order valence-corrected chi connectivity index (χ0v) is 13.5. The van der Waals surface area contributed by atoms with E-state index in [1.807, 2.05) is 36.0 Å². The molecule has 1 saturated heterocycles. The molecule has 0 aromatic heterocycles. The van der Waals surface area contributed by atoms with Crippen LogP contribution in [0.25, 0.3) is 0 Å². The summed E-state index contributed by atoms with van der Waals surface area (Å²) in [5, 5.41) is 3.06. The first kappa shape index (κ1) is 14.8. The van der Waals surface area contributed by atoms with Gasteiger partial charge >= 0.3 is 0 Å². The van der Waals surface area contributed by atoms with Crippen molar-refractivity contribution in [3.63, 3.8) is 0 Å². The highest BCUT2D eigenvalue weighted by molar-refractivity contribution is 8.07. The molecule has 0 radical (unpaired) electrons. The highest BCUT2D eigenvalue weighted by Crippen LogP contribution is 2.31. The molecule has 2 aliphatic rings. The number of fused-ring (bicyclic) bond motifs is 1. The van der Waals surface area contributed by atoms with Crippen LogP contribution in [0.5, 0.6) is 0 Å². The number of thioether (sulfide) groups is 2. The van der Waals surface area contributed by atoms with Crippen molar-refractivity contribution in [2.24, 2.45) is 0 Å². The number of nitrogens with zero attached hydrogens (tertiary/aromatic N) is 1. The summed E-state index contributed by atoms with van der Waals surface area (Å²) in [4.78, 5) is 26.1. The van der Waals surface area contributed by atoms with Gasteiger partial charge in [-0.25, -0.2) is 0 Å². The topological polar surface area (TPSA) is 49.4 Å². The molecule has 4 nitrogen and oxygen atoms in total. The third kappa shape index (κ3) is 2.92. The van der Waals surface area contributed by atoms with Gasteiger partial charge in [0.1, 0.15) is 0 Å². The number of amides is 2. The summed E-state index contributed by atoms with van der Waals surface area (Å²) in [6.07, 6.45) is 0. The highest BCUT2D eigenvalue weighted by atomic mass is 32.2. The van der Waals surface area contributed by atoms with Gasteiger partial charge in [0.2, 0.25) is 5.91 Å². The Hall–Kier alpha value is -1.14. The van der Waals surface area contributed by atoms with Gasteiger partial charge < -0.3 is 10.2 Å². The molecule has 2 aliphatic heterocycles. The van der Waals surface area contributed by atoms with Gasteiger partial charge in [-0.3, -0.25) is 9.59 Å². The maximum atomic E-state index is 12.2. The molecule has 0 spiro atoms. The van der Waals surface area contributed by atoms with E-state index in [1.54, 1.807) is 23.7 Å². The van der Waals surface area contributed by atoms with E-state index in [-0.39, 0.29) is 23.1 Å². The van der Waals surface area contributed by atoms with Crippen LogP contribution in [-0.4, -0.2) is 52.8 Å². The van der Waals surface area contributed by atoms with Crippen LogP contribution in [-0.2, 0) is 4.79 Å². The smallest absolute Gasteiger partial charge is 0.254 e. The second-order valence-corrected chi connectivity index (χ2v) is 7.66. The summed E-state index contributed by atoms with van der Waals surface area (Å²) in [5.74, 6) is 3.17. The van der Waals surface area contributed by atoms with Crippen LogP contribution in [0, 0.1) is 0 Å². The number of likely N-dealkylation sites (N-methyl/N-ethyl adjacent to an activating group) is 1. The van der Waals surface area contributed by atoms with Gasteiger partial charge in [-0.15, -0.1) is 11.8 Å². The molecule has 3 rings (SSSR count). The lowest BCUT2D eigenvalue weighted by atomic mass is 10.0. The molecule has 2 atom stereocenters. The predicted octanol–water partition coefficient (Wildman–Crippen LogP) is 1.78. The molecule has 1 aromatic rings. The molecule has 112 valence electrons. The minimum atomic E-state index is -0.0566. The molecule has 2 heterocycles. The highest BCUT2D eigenvalue weighted by Gasteiger charge is 2.34. The Labute approximate surface area is 133 Å².